The van der Waals surface area contributed by atoms with Crippen LogP contribution >= 0.6 is 0 Å². The summed E-state index contributed by atoms with van der Waals surface area (Å²) in [6, 6.07) is 21.8. The maximum absolute atomic E-state index is 16.8. The summed E-state index contributed by atoms with van der Waals surface area (Å²) in [6.45, 7) is 0. The molecule has 0 saturated carbocycles. The molecule has 0 heterocycles. The van der Waals surface area contributed by atoms with Crippen LogP contribution in [0.25, 0.3) is 0 Å². The Balaban J connectivity index is 2.05. The minimum atomic E-state index is -4.84. The Labute approximate surface area is 213 Å². The van der Waals surface area contributed by atoms with Gasteiger partial charge in [0.25, 0.3) is 5.91 Å². The van der Waals surface area contributed by atoms with Crippen LogP contribution in [0.5, 0.6) is 0 Å². The van der Waals surface area contributed by atoms with Crippen LogP contribution in [0, 0.1) is 0 Å². The van der Waals surface area contributed by atoms with Crippen LogP contribution < -0.4 is 5.32 Å². The molecule has 0 aliphatic carbocycles. The van der Waals surface area contributed by atoms with Gasteiger partial charge in [-0.1, -0.05) is 72.8 Å². The van der Waals surface area contributed by atoms with Crippen LogP contribution in [0.4, 0.5) is 30.7 Å². The molecule has 1 atom stereocenters. The van der Waals surface area contributed by atoms with Crippen molar-refractivity contribution in [3.05, 3.63) is 143 Å². The molecule has 1 amide bonds. The molecule has 0 aromatic heterocycles. The minimum absolute atomic E-state index is 0.0380. The second-order valence-electron chi connectivity index (χ2n) is 8.56. The van der Waals surface area contributed by atoms with Gasteiger partial charge in [0.15, 0.2) is 6.17 Å². The van der Waals surface area contributed by atoms with Crippen molar-refractivity contribution in [1.29, 1.82) is 0 Å². The number of halogens is 7. The number of hydrogen-bond acceptors (Lipinski definition) is 1. The lowest BCUT2D eigenvalue weighted by Crippen LogP contribution is -2.50. The first-order valence-corrected chi connectivity index (χ1v) is 11.3. The smallest absolute Gasteiger partial charge is 0.335 e. The molecule has 0 aliphatic heterocycles. The lowest BCUT2D eigenvalue weighted by atomic mass is 9.75. The molecule has 1 unspecified atom stereocenters. The second kappa shape index (κ2) is 10.3. The zero-order valence-corrected chi connectivity index (χ0v) is 19.5. The van der Waals surface area contributed by atoms with Gasteiger partial charge in [-0.2, -0.15) is 26.3 Å². The molecule has 0 spiro atoms. The molecule has 196 valence electrons. The number of hydrogen-bond donors (Lipinski definition) is 1. The molecule has 0 fully saturated rings. The monoisotopic (exact) mass is 531 g/mol. The first kappa shape index (κ1) is 26.9. The fourth-order valence-electron chi connectivity index (χ4n) is 4.26. The topological polar surface area (TPSA) is 29.1 Å². The van der Waals surface area contributed by atoms with E-state index in [0.717, 1.165) is 36.4 Å². The normalized spacial score (nSPS) is 13.1. The Morgan fingerprint density at radius 1 is 0.579 bits per heavy atom. The minimum Gasteiger partial charge on any atom is -0.335 e. The molecule has 9 heteroatoms. The number of carbonyl (C=O) groups excluding carboxylic acids is 1. The van der Waals surface area contributed by atoms with Crippen LogP contribution in [-0.2, 0) is 17.9 Å². The second-order valence-corrected chi connectivity index (χ2v) is 8.56. The van der Waals surface area contributed by atoms with E-state index in [4.69, 9.17) is 0 Å². The Kier molecular flexibility index (Phi) is 7.31. The van der Waals surface area contributed by atoms with Crippen molar-refractivity contribution >= 4 is 5.91 Å². The Morgan fingerprint density at radius 2 is 1.00 bits per heavy atom. The van der Waals surface area contributed by atoms with Gasteiger partial charge in [0.2, 0.25) is 0 Å². The van der Waals surface area contributed by atoms with Crippen molar-refractivity contribution in [2.24, 2.45) is 0 Å². The van der Waals surface area contributed by atoms with Gasteiger partial charge in [0, 0.05) is 5.56 Å². The fraction of sp³-hybridized carbons (Fsp3) is 0.138. The van der Waals surface area contributed by atoms with Crippen LogP contribution in [0.15, 0.2) is 109 Å². The van der Waals surface area contributed by atoms with Crippen LogP contribution in [0.1, 0.15) is 44.3 Å². The summed E-state index contributed by atoms with van der Waals surface area (Å²) in [5.41, 5.74) is -5.57. The molecular formula is C29H20F7NO. The molecule has 4 aromatic carbocycles. The van der Waals surface area contributed by atoms with Crippen molar-refractivity contribution in [2.45, 2.75) is 24.1 Å². The van der Waals surface area contributed by atoms with Crippen LogP contribution in [-0.4, -0.2) is 5.91 Å². The summed E-state index contributed by atoms with van der Waals surface area (Å²) in [5, 5.41) is 2.49. The SMILES string of the molecule is O=C(NC(c1cccc(C(F)(F)F)c1)(c1cccc(C(F)(F)F)c1)C(F)c1ccccc1)c1ccccc1. The van der Waals surface area contributed by atoms with E-state index in [9.17, 15) is 31.1 Å². The molecule has 0 saturated heterocycles. The lowest BCUT2D eigenvalue weighted by molar-refractivity contribution is -0.138. The number of rotatable bonds is 6. The molecule has 4 rings (SSSR count). The average Bonchev–Trinajstić information content (AvgIpc) is 2.91. The fourth-order valence-corrected chi connectivity index (χ4v) is 4.26. The Bertz CT molecular complexity index is 1340. The lowest BCUT2D eigenvalue weighted by Gasteiger charge is -2.39. The standard InChI is InChI=1S/C29H20F7NO/c30-25(19-9-3-1-4-10-19)27(37-26(38)20-11-5-2-6-12-20,21-13-7-15-23(17-21)28(31,32)33)22-14-8-16-24(18-22)29(34,35)36/h1-18,25H,(H,37,38). The molecule has 0 radical (unpaired) electrons. The highest BCUT2D eigenvalue weighted by molar-refractivity contribution is 5.95. The largest absolute Gasteiger partial charge is 0.416 e. The summed E-state index contributed by atoms with van der Waals surface area (Å²) < 4.78 is 99.0. The predicted molar refractivity (Wildman–Crippen MR) is 128 cm³/mol. The number of benzene rings is 4. The van der Waals surface area contributed by atoms with E-state index < -0.39 is 41.1 Å². The summed E-state index contributed by atoms with van der Waals surface area (Å²) in [5.74, 6) is -0.890. The third-order valence-corrected chi connectivity index (χ3v) is 6.11. The molecular weight excluding hydrogens is 511 g/mol. The first-order valence-electron chi connectivity index (χ1n) is 11.3. The van der Waals surface area contributed by atoms with E-state index in [2.05, 4.69) is 5.32 Å². The van der Waals surface area contributed by atoms with Gasteiger partial charge in [-0.05, 0) is 53.1 Å². The first-order chi connectivity index (χ1) is 17.9. The molecule has 2 nitrogen and oxygen atoms in total. The third-order valence-electron chi connectivity index (χ3n) is 6.11. The number of amides is 1. The summed E-state index contributed by atoms with van der Waals surface area (Å²) in [7, 11) is 0. The highest BCUT2D eigenvalue weighted by Gasteiger charge is 2.47. The maximum atomic E-state index is 16.8. The van der Waals surface area contributed by atoms with Gasteiger partial charge in [0.1, 0.15) is 5.54 Å². The molecule has 1 N–H and O–H groups in total. The van der Waals surface area contributed by atoms with Crippen molar-refractivity contribution in [3.63, 3.8) is 0 Å². The molecule has 0 bridgehead atoms. The highest BCUT2D eigenvalue weighted by Crippen LogP contribution is 2.46. The Hall–Kier alpha value is -4.14. The Morgan fingerprint density at radius 3 is 1.45 bits per heavy atom. The molecule has 0 aliphatic rings. The van der Waals surface area contributed by atoms with Crippen LogP contribution in [0.3, 0.4) is 0 Å². The van der Waals surface area contributed by atoms with E-state index >= 15 is 4.39 Å². The van der Waals surface area contributed by atoms with Gasteiger partial charge in [0.05, 0.1) is 11.1 Å². The van der Waals surface area contributed by atoms with E-state index in [1.165, 1.54) is 48.5 Å². The van der Waals surface area contributed by atoms with E-state index in [-0.39, 0.29) is 22.3 Å². The van der Waals surface area contributed by atoms with E-state index in [0.29, 0.717) is 12.1 Å². The summed E-state index contributed by atoms with van der Waals surface area (Å²) in [4.78, 5) is 13.4. The highest BCUT2D eigenvalue weighted by atomic mass is 19.4. The van der Waals surface area contributed by atoms with Gasteiger partial charge in [-0.15, -0.1) is 0 Å². The zero-order valence-electron chi connectivity index (χ0n) is 19.5. The predicted octanol–water partition coefficient (Wildman–Crippen LogP) is 8.11. The quantitative estimate of drug-likeness (QED) is 0.250. The van der Waals surface area contributed by atoms with Crippen molar-refractivity contribution in [3.8, 4) is 0 Å². The van der Waals surface area contributed by atoms with Gasteiger partial charge >= 0.3 is 12.4 Å². The summed E-state index contributed by atoms with van der Waals surface area (Å²) >= 11 is 0. The van der Waals surface area contributed by atoms with E-state index in [1.54, 1.807) is 12.1 Å². The molecule has 38 heavy (non-hydrogen) atoms. The van der Waals surface area contributed by atoms with Crippen LogP contribution in [0.2, 0.25) is 0 Å². The van der Waals surface area contributed by atoms with Gasteiger partial charge in [-0.25, -0.2) is 4.39 Å². The van der Waals surface area contributed by atoms with Crippen molar-refractivity contribution in [1.82, 2.24) is 5.32 Å². The van der Waals surface area contributed by atoms with Crippen molar-refractivity contribution < 1.29 is 35.5 Å². The third kappa shape index (κ3) is 5.41. The zero-order chi connectivity index (χ0) is 27.6. The summed E-state index contributed by atoms with van der Waals surface area (Å²) in [6.07, 6.45) is -12.0. The maximum Gasteiger partial charge on any atom is 0.416 e. The number of alkyl halides is 7. The number of carbonyl (C=O) groups is 1. The average molecular weight is 531 g/mol. The van der Waals surface area contributed by atoms with E-state index in [1.807, 2.05) is 0 Å². The van der Waals surface area contributed by atoms with Gasteiger partial charge in [-0.3, -0.25) is 4.79 Å². The van der Waals surface area contributed by atoms with Gasteiger partial charge < -0.3 is 5.32 Å². The van der Waals surface area contributed by atoms with Crippen molar-refractivity contribution in [2.75, 3.05) is 0 Å². The number of nitrogens with one attached hydrogen (secondary N) is 1. The molecule has 4 aromatic rings.